The Morgan fingerprint density at radius 3 is 2.85 bits per heavy atom. The minimum absolute atomic E-state index is 0.153. The van der Waals surface area contributed by atoms with Crippen LogP contribution < -0.4 is 5.32 Å². The molecule has 1 aromatic rings. The van der Waals surface area contributed by atoms with Crippen molar-refractivity contribution in [2.45, 2.75) is 23.5 Å². The molecule has 6 nitrogen and oxygen atoms in total. The highest BCUT2D eigenvalue weighted by molar-refractivity contribution is 7.92. The van der Waals surface area contributed by atoms with Gasteiger partial charge in [-0.3, -0.25) is 4.84 Å². The van der Waals surface area contributed by atoms with E-state index >= 15 is 0 Å². The van der Waals surface area contributed by atoms with Crippen LogP contribution in [0.1, 0.15) is 18.9 Å². The number of nitrogens with zero attached hydrogens (tertiary/aromatic N) is 1. The second-order valence-corrected chi connectivity index (χ2v) is 7.14. The van der Waals surface area contributed by atoms with Crippen molar-refractivity contribution in [1.29, 1.82) is 0 Å². The van der Waals surface area contributed by atoms with Gasteiger partial charge in [-0.2, -0.15) is 0 Å². The summed E-state index contributed by atoms with van der Waals surface area (Å²) in [5.41, 5.74) is 0.757. The van der Waals surface area contributed by atoms with Gasteiger partial charge in [-0.15, -0.1) is 0 Å². The van der Waals surface area contributed by atoms with Gasteiger partial charge in [-0.05, 0) is 25.1 Å². The van der Waals surface area contributed by atoms with E-state index in [1.54, 1.807) is 6.92 Å². The van der Waals surface area contributed by atoms with Crippen molar-refractivity contribution < 1.29 is 18.0 Å². The predicted octanol–water partition coefficient (Wildman–Crippen LogP) is 1.97. The molecule has 8 heteroatoms. The highest BCUT2D eigenvalue weighted by Crippen LogP contribution is 2.32. The Morgan fingerprint density at radius 1 is 1.50 bits per heavy atom. The van der Waals surface area contributed by atoms with Crippen molar-refractivity contribution in [2.75, 3.05) is 7.05 Å². The van der Waals surface area contributed by atoms with Gasteiger partial charge in [0.15, 0.2) is 9.84 Å². The molecule has 1 N–H and O–H groups in total. The molecule has 0 radical (unpaired) electrons. The van der Waals surface area contributed by atoms with Crippen LogP contribution in [-0.2, 0) is 14.7 Å². The lowest BCUT2D eigenvalue weighted by molar-refractivity contribution is 0.153. The molecular formula is C12H13ClN2O4S. The fourth-order valence-electron chi connectivity index (χ4n) is 1.91. The van der Waals surface area contributed by atoms with E-state index in [1.165, 1.54) is 25.2 Å². The highest BCUT2D eigenvalue weighted by Gasteiger charge is 2.34. The second-order valence-electron chi connectivity index (χ2n) is 4.37. The van der Waals surface area contributed by atoms with Crippen LogP contribution in [0.15, 0.2) is 28.3 Å². The molecule has 1 aromatic carbocycles. The number of amides is 1. The summed E-state index contributed by atoms with van der Waals surface area (Å²) >= 11 is 5.89. The zero-order valence-corrected chi connectivity index (χ0v) is 12.5. The number of nitrogens with one attached hydrogen (secondary N) is 1. The average Bonchev–Trinajstić information content (AvgIpc) is 2.41. The van der Waals surface area contributed by atoms with Crippen molar-refractivity contribution >= 4 is 33.2 Å². The van der Waals surface area contributed by atoms with E-state index in [1.807, 2.05) is 0 Å². The molecule has 0 saturated heterocycles. The van der Waals surface area contributed by atoms with Gasteiger partial charge >= 0.3 is 6.09 Å². The Kier molecular flexibility index (Phi) is 4.01. The molecule has 1 aliphatic heterocycles. The molecule has 0 saturated carbocycles. The minimum atomic E-state index is -3.41. The van der Waals surface area contributed by atoms with Gasteiger partial charge in [0.05, 0.1) is 15.9 Å². The maximum Gasteiger partial charge on any atom is 0.433 e. The Balaban J connectivity index is 2.53. The van der Waals surface area contributed by atoms with Gasteiger partial charge in [0.25, 0.3) is 0 Å². The topological polar surface area (TPSA) is 84.8 Å². The van der Waals surface area contributed by atoms with E-state index in [0.717, 1.165) is 0 Å². The summed E-state index contributed by atoms with van der Waals surface area (Å²) in [7, 11) is -2.01. The van der Waals surface area contributed by atoms with Crippen molar-refractivity contribution in [3.05, 3.63) is 28.8 Å². The molecule has 0 bridgehead atoms. The lowest BCUT2D eigenvalue weighted by Crippen LogP contribution is -2.30. The Bertz CT molecular complexity index is 685. The lowest BCUT2D eigenvalue weighted by atomic mass is 10.1. The number of hydrogen-bond donors (Lipinski definition) is 1. The quantitative estimate of drug-likeness (QED) is 0.634. The number of benzene rings is 1. The van der Waals surface area contributed by atoms with Gasteiger partial charge in [0.2, 0.25) is 0 Å². The predicted molar refractivity (Wildman–Crippen MR) is 74.8 cm³/mol. The standard InChI is InChI=1S/C12H13ClN2O4S/c1-7-5-10(15-19-12(16)14-2)9-6-8(13)3-4-11(9)20(7,17)18/h3-4,6-7H,5H2,1-2H3,(H,14,16)/b15-10+. The third-order valence-electron chi connectivity index (χ3n) is 3.01. The molecule has 1 aliphatic rings. The largest absolute Gasteiger partial charge is 0.433 e. The molecule has 2 rings (SSSR count). The molecule has 0 aromatic heterocycles. The zero-order valence-electron chi connectivity index (χ0n) is 10.9. The maximum absolute atomic E-state index is 12.2. The number of carbonyl (C=O) groups is 1. The summed E-state index contributed by atoms with van der Waals surface area (Å²) in [6.07, 6.45) is -0.561. The van der Waals surface area contributed by atoms with Gasteiger partial charge in [-0.1, -0.05) is 16.8 Å². The number of halogens is 1. The Hall–Kier alpha value is -1.60. The molecule has 0 spiro atoms. The first-order valence-electron chi connectivity index (χ1n) is 5.85. The van der Waals surface area contributed by atoms with E-state index in [0.29, 0.717) is 16.3 Å². The molecule has 108 valence electrons. The fraction of sp³-hybridized carbons (Fsp3) is 0.333. The molecule has 1 unspecified atom stereocenters. The van der Waals surface area contributed by atoms with Crippen LogP contribution in [0.25, 0.3) is 0 Å². The van der Waals surface area contributed by atoms with Crippen molar-refractivity contribution in [1.82, 2.24) is 5.32 Å². The van der Waals surface area contributed by atoms with Gasteiger partial charge in [-0.25, -0.2) is 13.2 Å². The van der Waals surface area contributed by atoms with E-state index in [9.17, 15) is 13.2 Å². The van der Waals surface area contributed by atoms with Crippen LogP contribution in [-0.4, -0.2) is 32.5 Å². The first-order valence-corrected chi connectivity index (χ1v) is 7.78. The van der Waals surface area contributed by atoms with Crippen LogP contribution >= 0.6 is 11.6 Å². The summed E-state index contributed by atoms with van der Waals surface area (Å²) in [5, 5.41) is 5.74. The monoisotopic (exact) mass is 316 g/mol. The summed E-state index contributed by atoms with van der Waals surface area (Å²) in [4.78, 5) is 15.9. The number of oxime groups is 1. The van der Waals surface area contributed by atoms with E-state index in [-0.39, 0.29) is 11.3 Å². The SMILES string of the molecule is CNC(=O)O/N=C1\CC(C)S(=O)(=O)c2ccc(Cl)cc21. The molecule has 1 heterocycles. The van der Waals surface area contributed by atoms with Crippen molar-refractivity contribution in [2.24, 2.45) is 5.16 Å². The molecule has 1 amide bonds. The molecule has 0 fully saturated rings. The summed E-state index contributed by atoms with van der Waals surface area (Å²) < 4.78 is 24.5. The fourth-order valence-corrected chi connectivity index (χ4v) is 3.64. The smallest absolute Gasteiger partial charge is 0.323 e. The first kappa shape index (κ1) is 14.8. The van der Waals surface area contributed by atoms with Crippen LogP contribution in [0, 0.1) is 0 Å². The van der Waals surface area contributed by atoms with E-state index in [2.05, 4.69) is 15.3 Å². The second kappa shape index (κ2) is 5.41. The number of carbonyl (C=O) groups excluding carboxylic acids is 1. The van der Waals surface area contributed by atoms with Crippen molar-refractivity contribution in [3.63, 3.8) is 0 Å². The van der Waals surface area contributed by atoms with Crippen LogP contribution in [0.2, 0.25) is 5.02 Å². The van der Waals surface area contributed by atoms with E-state index < -0.39 is 21.2 Å². The van der Waals surface area contributed by atoms with Crippen LogP contribution in [0.3, 0.4) is 0 Å². The Labute approximate surface area is 121 Å². The third kappa shape index (κ3) is 2.64. The number of fused-ring (bicyclic) bond motifs is 1. The van der Waals surface area contributed by atoms with Crippen molar-refractivity contribution in [3.8, 4) is 0 Å². The maximum atomic E-state index is 12.2. The number of hydrogen-bond acceptors (Lipinski definition) is 5. The number of rotatable bonds is 1. The molecule has 1 atom stereocenters. The molecule has 0 aliphatic carbocycles. The average molecular weight is 317 g/mol. The summed E-state index contributed by atoms with van der Waals surface area (Å²) in [5.74, 6) is 0. The summed E-state index contributed by atoms with van der Waals surface area (Å²) in [6.45, 7) is 1.59. The lowest BCUT2D eigenvalue weighted by Gasteiger charge is -2.23. The van der Waals surface area contributed by atoms with Gasteiger partial charge in [0, 0.05) is 24.1 Å². The third-order valence-corrected chi connectivity index (χ3v) is 5.44. The van der Waals surface area contributed by atoms with Crippen LogP contribution in [0.5, 0.6) is 0 Å². The molecular weight excluding hydrogens is 304 g/mol. The van der Waals surface area contributed by atoms with Gasteiger partial charge in [0.1, 0.15) is 0 Å². The minimum Gasteiger partial charge on any atom is -0.323 e. The zero-order chi connectivity index (χ0) is 14.9. The van der Waals surface area contributed by atoms with E-state index in [4.69, 9.17) is 11.6 Å². The Morgan fingerprint density at radius 2 is 2.20 bits per heavy atom. The summed E-state index contributed by atoms with van der Waals surface area (Å²) in [6, 6.07) is 4.46. The first-order chi connectivity index (χ1) is 9.36. The highest BCUT2D eigenvalue weighted by atomic mass is 35.5. The number of sulfone groups is 1. The van der Waals surface area contributed by atoms with Crippen LogP contribution in [0.4, 0.5) is 4.79 Å². The normalized spacial score (nSPS) is 22.1. The van der Waals surface area contributed by atoms with Gasteiger partial charge < -0.3 is 5.32 Å². The molecule has 20 heavy (non-hydrogen) atoms.